The number of carbonyl (C=O) groups excluding carboxylic acids is 2. The van der Waals surface area contributed by atoms with Crippen LogP contribution >= 0.6 is 22.7 Å². The van der Waals surface area contributed by atoms with Gasteiger partial charge in [0.05, 0.1) is 23.6 Å². The van der Waals surface area contributed by atoms with Crippen LogP contribution in [0.2, 0.25) is 0 Å². The van der Waals surface area contributed by atoms with Gasteiger partial charge in [-0.1, -0.05) is 18.2 Å². The molecule has 4 rings (SSSR count). The van der Waals surface area contributed by atoms with Crippen molar-refractivity contribution in [3.8, 4) is 5.75 Å². The second-order valence-electron chi connectivity index (χ2n) is 5.74. The van der Waals surface area contributed by atoms with Crippen molar-refractivity contribution in [1.82, 2.24) is 4.98 Å². The predicted molar refractivity (Wildman–Crippen MR) is 104 cm³/mol. The van der Waals surface area contributed by atoms with Crippen molar-refractivity contribution in [1.29, 1.82) is 0 Å². The van der Waals surface area contributed by atoms with Gasteiger partial charge in [-0.15, -0.1) is 22.7 Å². The molecule has 6 nitrogen and oxygen atoms in total. The van der Waals surface area contributed by atoms with E-state index in [1.165, 1.54) is 27.6 Å². The quantitative estimate of drug-likeness (QED) is 0.657. The maximum Gasteiger partial charge on any atom is 0.296 e. The number of ether oxygens (including phenoxy) is 1. The maximum absolute atomic E-state index is 13.1. The van der Waals surface area contributed by atoms with Crippen LogP contribution in [0.25, 0.3) is 0 Å². The van der Waals surface area contributed by atoms with E-state index in [2.05, 4.69) is 4.98 Å². The Morgan fingerprint density at radius 3 is 2.74 bits per heavy atom. The average molecular weight is 398 g/mol. The lowest BCUT2D eigenvalue weighted by Crippen LogP contribution is -2.30. The minimum Gasteiger partial charge on any atom is -0.503 e. The second-order valence-corrected chi connectivity index (χ2v) is 7.56. The Kier molecular flexibility index (Phi) is 4.51. The lowest BCUT2D eigenvalue weighted by Gasteiger charge is -2.24. The van der Waals surface area contributed by atoms with Crippen LogP contribution in [-0.4, -0.2) is 28.9 Å². The van der Waals surface area contributed by atoms with E-state index in [0.29, 0.717) is 21.3 Å². The minimum atomic E-state index is -0.784. The van der Waals surface area contributed by atoms with Crippen molar-refractivity contribution >= 4 is 39.5 Å². The van der Waals surface area contributed by atoms with Crippen molar-refractivity contribution in [2.24, 2.45) is 0 Å². The van der Waals surface area contributed by atoms with Crippen LogP contribution in [0.4, 0.5) is 5.13 Å². The van der Waals surface area contributed by atoms with Crippen molar-refractivity contribution in [2.45, 2.75) is 6.04 Å². The molecule has 1 aliphatic rings. The Morgan fingerprint density at radius 1 is 1.22 bits per heavy atom. The van der Waals surface area contributed by atoms with Crippen LogP contribution in [0.3, 0.4) is 0 Å². The van der Waals surface area contributed by atoms with Gasteiger partial charge in [-0.25, -0.2) is 4.98 Å². The number of benzene rings is 1. The maximum atomic E-state index is 13.1. The first kappa shape index (κ1) is 17.4. The van der Waals surface area contributed by atoms with E-state index in [-0.39, 0.29) is 11.4 Å². The highest BCUT2D eigenvalue weighted by atomic mass is 32.1. The van der Waals surface area contributed by atoms with Crippen LogP contribution in [0.5, 0.6) is 5.75 Å². The topological polar surface area (TPSA) is 79.7 Å². The molecule has 0 saturated carbocycles. The molecular weight excluding hydrogens is 384 g/mol. The van der Waals surface area contributed by atoms with Gasteiger partial charge in [0.15, 0.2) is 10.9 Å². The van der Waals surface area contributed by atoms with E-state index >= 15 is 0 Å². The molecule has 0 bridgehead atoms. The van der Waals surface area contributed by atoms with Gasteiger partial charge in [-0.2, -0.15) is 0 Å². The first-order valence-corrected chi connectivity index (χ1v) is 9.76. The van der Waals surface area contributed by atoms with Crippen LogP contribution in [0.15, 0.2) is 64.7 Å². The van der Waals surface area contributed by atoms with Crippen LogP contribution in [0.1, 0.15) is 21.3 Å². The smallest absolute Gasteiger partial charge is 0.296 e. The number of thiophene rings is 1. The fraction of sp³-hybridized carbons (Fsp3) is 0.105. The summed E-state index contributed by atoms with van der Waals surface area (Å²) in [5.41, 5.74) is 0.702. The number of ketones is 1. The standard InChI is InChI=1S/C19H14N2O4S2/c1-25-12-5-2-4-11(10-12)15-14(16(22)13-6-3-8-26-13)17(23)18(24)21(15)19-20-7-9-27-19/h2-10,15,23H,1H3. The number of methoxy groups -OCH3 is 1. The molecule has 0 saturated heterocycles. The highest BCUT2D eigenvalue weighted by Gasteiger charge is 2.45. The highest BCUT2D eigenvalue weighted by Crippen LogP contribution is 2.43. The number of carbonyl (C=O) groups is 2. The normalized spacial score (nSPS) is 16.9. The Labute approximate surface area is 163 Å². The number of amides is 1. The Balaban J connectivity index is 1.89. The van der Waals surface area contributed by atoms with E-state index in [0.717, 1.165) is 0 Å². The van der Waals surface area contributed by atoms with Crippen molar-refractivity contribution in [2.75, 3.05) is 12.0 Å². The molecule has 3 aromatic rings. The molecule has 136 valence electrons. The Bertz CT molecular complexity index is 1030. The molecule has 0 spiro atoms. The summed E-state index contributed by atoms with van der Waals surface area (Å²) in [6.07, 6.45) is 1.58. The molecule has 0 radical (unpaired) electrons. The van der Waals surface area contributed by atoms with E-state index in [9.17, 15) is 14.7 Å². The fourth-order valence-electron chi connectivity index (χ4n) is 3.04. The van der Waals surface area contributed by atoms with E-state index in [1.807, 2.05) is 0 Å². The molecule has 1 atom stereocenters. The summed E-state index contributed by atoms with van der Waals surface area (Å²) in [5.74, 6) is -0.967. The predicted octanol–water partition coefficient (Wildman–Crippen LogP) is 4.00. The van der Waals surface area contributed by atoms with Crippen molar-refractivity contribution in [3.05, 3.63) is 75.1 Å². The monoisotopic (exact) mass is 398 g/mol. The lowest BCUT2D eigenvalue weighted by atomic mass is 9.95. The zero-order valence-corrected chi connectivity index (χ0v) is 15.8. The Hall–Kier alpha value is -2.97. The Morgan fingerprint density at radius 2 is 2.07 bits per heavy atom. The second kappa shape index (κ2) is 6.98. The van der Waals surface area contributed by atoms with Crippen LogP contribution < -0.4 is 9.64 Å². The third kappa shape index (κ3) is 2.92. The summed E-state index contributed by atoms with van der Waals surface area (Å²) in [7, 11) is 1.54. The summed E-state index contributed by atoms with van der Waals surface area (Å²) in [5, 5.41) is 14.5. The molecule has 0 aliphatic carbocycles. The summed E-state index contributed by atoms with van der Waals surface area (Å²) < 4.78 is 5.28. The molecule has 3 heterocycles. The third-order valence-corrected chi connectivity index (χ3v) is 5.87. The number of aromatic nitrogens is 1. The molecule has 1 amide bonds. The number of anilines is 1. The first-order chi connectivity index (χ1) is 13.1. The van der Waals surface area contributed by atoms with E-state index in [1.54, 1.807) is 60.5 Å². The minimum absolute atomic E-state index is 0.0471. The number of thiazole rings is 1. The molecule has 2 aromatic heterocycles. The van der Waals surface area contributed by atoms with Crippen LogP contribution in [0, 0.1) is 0 Å². The summed E-state index contributed by atoms with van der Waals surface area (Å²) >= 11 is 2.52. The molecule has 1 aromatic carbocycles. The number of aliphatic hydroxyl groups excluding tert-OH is 1. The third-order valence-electron chi connectivity index (χ3n) is 4.23. The largest absolute Gasteiger partial charge is 0.503 e. The molecule has 8 heteroatoms. The van der Waals surface area contributed by atoms with E-state index in [4.69, 9.17) is 4.74 Å². The number of hydrogen-bond donors (Lipinski definition) is 1. The average Bonchev–Trinajstić information content (AvgIpc) is 3.43. The van der Waals surface area contributed by atoms with Crippen molar-refractivity contribution < 1.29 is 19.4 Å². The number of hydrogen-bond acceptors (Lipinski definition) is 7. The molecular formula is C19H14N2O4S2. The molecule has 27 heavy (non-hydrogen) atoms. The van der Waals surface area contributed by atoms with Gasteiger partial charge in [-0.3, -0.25) is 14.5 Å². The zero-order valence-electron chi connectivity index (χ0n) is 14.2. The van der Waals surface area contributed by atoms with Gasteiger partial charge < -0.3 is 9.84 Å². The number of aliphatic hydroxyl groups is 1. The molecule has 1 aliphatic heterocycles. The van der Waals surface area contributed by atoms with Gasteiger partial charge in [0.1, 0.15) is 5.75 Å². The zero-order chi connectivity index (χ0) is 19.0. The summed E-state index contributed by atoms with van der Waals surface area (Å²) in [6, 6.07) is 9.74. The van der Waals surface area contributed by atoms with Gasteiger partial charge >= 0.3 is 0 Å². The molecule has 0 fully saturated rings. The first-order valence-electron chi connectivity index (χ1n) is 8.00. The van der Waals surface area contributed by atoms with Gasteiger partial charge in [0.2, 0.25) is 5.78 Å². The SMILES string of the molecule is COc1cccc(C2C(C(=O)c3cccs3)=C(O)C(=O)N2c2nccs2)c1. The number of rotatable bonds is 5. The fourth-order valence-corrected chi connectivity index (χ4v) is 4.38. The number of Topliss-reactive ketones (excluding diaryl/α,β-unsaturated/α-hetero) is 1. The summed E-state index contributed by atoms with van der Waals surface area (Å²) in [4.78, 5) is 31.9. The molecule has 1 N–H and O–H groups in total. The molecule has 1 unspecified atom stereocenters. The van der Waals surface area contributed by atoms with Gasteiger partial charge in [0, 0.05) is 11.6 Å². The van der Waals surface area contributed by atoms with E-state index < -0.39 is 17.7 Å². The number of nitrogens with zero attached hydrogens (tertiary/aromatic N) is 2. The van der Waals surface area contributed by atoms with Crippen molar-refractivity contribution in [3.63, 3.8) is 0 Å². The van der Waals surface area contributed by atoms with Gasteiger partial charge in [0.25, 0.3) is 5.91 Å². The van der Waals surface area contributed by atoms with Gasteiger partial charge in [-0.05, 0) is 29.1 Å². The summed E-state index contributed by atoms with van der Waals surface area (Å²) in [6.45, 7) is 0. The van der Waals surface area contributed by atoms with Crippen LogP contribution in [-0.2, 0) is 4.79 Å². The lowest BCUT2D eigenvalue weighted by molar-refractivity contribution is -0.117. The highest BCUT2D eigenvalue weighted by molar-refractivity contribution is 7.14.